The number of carboxylic acid groups (broad SMARTS) is 1. The summed E-state index contributed by atoms with van der Waals surface area (Å²) in [6, 6.07) is 0. The van der Waals surface area contributed by atoms with Crippen LogP contribution in [0.4, 0.5) is 0 Å². The minimum Gasteiger partial charge on any atom is -0.480 e. The Morgan fingerprint density at radius 3 is 2.39 bits per heavy atom. The Morgan fingerprint density at radius 2 is 1.94 bits per heavy atom. The van der Waals surface area contributed by atoms with Crippen LogP contribution >= 0.6 is 0 Å². The second-order valence-corrected chi connectivity index (χ2v) is 8.31. The lowest BCUT2D eigenvalue weighted by Gasteiger charge is -2.34. The van der Waals surface area contributed by atoms with Crippen molar-refractivity contribution in [3.05, 3.63) is 0 Å². The van der Waals surface area contributed by atoms with Crippen molar-refractivity contribution in [2.24, 2.45) is 5.41 Å². The molecule has 0 aromatic heterocycles. The van der Waals surface area contributed by atoms with Gasteiger partial charge in [-0.2, -0.15) is 0 Å². The molecule has 2 rings (SSSR count). The van der Waals surface area contributed by atoms with Gasteiger partial charge < -0.3 is 5.11 Å². The van der Waals surface area contributed by atoms with Crippen LogP contribution in [-0.2, 0) is 14.6 Å². The van der Waals surface area contributed by atoms with Crippen LogP contribution in [0.25, 0.3) is 0 Å². The van der Waals surface area contributed by atoms with Crippen molar-refractivity contribution in [2.75, 3.05) is 25.1 Å². The van der Waals surface area contributed by atoms with Gasteiger partial charge in [-0.3, -0.25) is 9.69 Å². The number of hydrogen-bond acceptors (Lipinski definition) is 4. The molecule has 1 N–H and O–H groups in total. The number of carboxylic acids is 1. The van der Waals surface area contributed by atoms with Gasteiger partial charge in [0.15, 0.2) is 0 Å². The maximum atomic E-state index is 11.4. The molecule has 6 heteroatoms. The Hall–Kier alpha value is -0.620. The van der Waals surface area contributed by atoms with E-state index in [-0.39, 0.29) is 11.2 Å². The smallest absolute Gasteiger partial charge is 0.323 e. The van der Waals surface area contributed by atoms with E-state index in [1.165, 1.54) is 6.26 Å². The molecular formula is C12H21NO4S. The van der Waals surface area contributed by atoms with E-state index in [0.717, 1.165) is 25.8 Å². The molecule has 0 amide bonds. The van der Waals surface area contributed by atoms with Gasteiger partial charge in [-0.1, -0.05) is 0 Å². The number of nitrogens with zero attached hydrogens (tertiary/aromatic N) is 1. The van der Waals surface area contributed by atoms with E-state index in [4.69, 9.17) is 0 Å². The highest BCUT2D eigenvalue weighted by Crippen LogP contribution is 2.49. The highest BCUT2D eigenvalue weighted by molar-refractivity contribution is 7.90. The molecule has 1 saturated carbocycles. The molecule has 1 heterocycles. The van der Waals surface area contributed by atoms with E-state index >= 15 is 0 Å². The van der Waals surface area contributed by atoms with Crippen molar-refractivity contribution < 1.29 is 18.3 Å². The first kappa shape index (κ1) is 13.8. The van der Waals surface area contributed by atoms with E-state index in [1.54, 1.807) is 6.92 Å². The highest BCUT2D eigenvalue weighted by atomic mass is 32.2. The van der Waals surface area contributed by atoms with E-state index in [9.17, 15) is 18.3 Å². The minimum atomic E-state index is -2.99. The zero-order valence-corrected chi connectivity index (χ0v) is 11.8. The number of rotatable bonds is 5. The van der Waals surface area contributed by atoms with Crippen LogP contribution in [0.1, 0.15) is 32.6 Å². The summed E-state index contributed by atoms with van der Waals surface area (Å²) in [5, 5.41) is 9.33. The molecule has 104 valence electrons. The molecule has 0 aromatic rings. The Kier molecular flexibility index (Phi) is 3.22. The van der Waals surface area contributed by atoms with Crippen molar-refractivity contribution >= 4 is 15.8 Å². The van der Waals surface area contributed by atoms with Crippen LogP contribution in [0, 0.1) is 5.41 Å². The molecule has 1 aliphatic carbocycles. The van der Waals surface area contributed by atoms with E-state index in [1.807, 2.05) is 4.90 Å². The average Bonchev–Trinajstić information content (AvgIpc) is 2.82. The third kappa shape index (κ3) is 2.69. The summed E-state index contributed by atoms with van der Waals surface area (Å²) in [6.07, 6.45) is 4.57. The Balaban J connectivity index is 2.08. The highest BCUT2D eigenvalue weighted by Gasteiger charge is 2.52. The predicted octanol–water partition coefficient (Wildman–Crippen LogP) is 0.750. The molecule has 0 aromatic carbocycles. The quantitative estimate of drug-likeness (QED) is 0.801. The zero-order chi connectivity index (χ0) is 13.6. The number of aliphatic carboxylic acids is 1. The first-order chi connectivity index (χ1) is 8.17. The lowest BCUT2D eigenvalue weighted by Crippen LogP contribution is -2.50. The van der Waals surface area contributed by atoms with Gasteiger partial charge in [0.2, 0.25) is 0 Å². The number of sulfone groups is 1. The molecule has 1 atom stereocenters. The first-order valence-electron chi connectivity index (χ1n) is 6.33. The Labute approximate surface area is 108 Å². The molecule has 0 bridgehead atoms. The largest absolute Gasteiger partial charge is 0.480 e. The number of carbonyl (C=O) groups is 1. The third-order valence-corrected chi connectivity index (χ3v) is 5.44. The van der Waals surface area contributed by atoms with Gasteiger partial charge in [0.05, 0.1) is 5.75 Å². The maximum absolute atomic E-state index is 11.4. The molecule has 1 saturated heterocycles. The summed E-state index contributed by atoms with van der Waals surface area (Å²) in [5.41, 5.74) is -0.998. The summed E-state index contributed by atoms with van der Waals surface area (Å²) in [5.74, 6) is -0.609. The van der Waals surface area contributed by atoms with Gasteiger partial charge in [-0.15, -0.1) is 0 Å². The molecule has 1 aliphatic heterocycles. The Bertz CT molecular complexity index is 455. The molecule has 1 unspecified atom stereocenters. The predicted molar refractivity (Wildman–Crippen MR) is 68.2 cm³/mol. The molecule has 5 nitrogen and oxygen atoms in total. The molecule has 18 heavy (non-hydrogen) atoms. The molecule has 2 fully saturated rings. The first-order valence-corrected chi connectivity index (χ1v) is 8.39. The summed E-state index contributed by atoms with van der Waals surface area (Å²) in [7, 11) is -2.99. The normalized spacial score (nSPS) is 31.4. The van der Waals surface area contributed by atoms with Crippen LogP contribution in [0.2, 0.25) is 0 Å². The average molecular weight is 275 g/mol. The molecule has 0 radical (unpaired) electrons. The molecular weight excluding hydrogens is 254 g/mol. The van der Waals surface area contributed by atoms with Gasteiger partial charge in [-0.25, -0.2) is 8.42 Å². The van der Waals surface area contributed by atoms with Gasteiger partial charge in [0, 0.05) is 12.8 Å². The van der Waals surface area contributed by atoms with Crippen molar-refractivity contribution in [1.82, 2.24) is 4.90 Å². The van der Waals surface area contributed by atoms with Gasteiger partial charge in [-0.05, 0) is 44.6 Å². The standard InChI is InChI=1S/C12H21NO4S/c1-11(10(14)15)4-3-7-13(11)8-12(5-6-12)9-18(2,16)17/h3-9H2,1-2H3,(H,14,15). The van der Waals surface area contributed by atoms with E-state index in [0.29, 0.717) is 13.0 Å². The van der Waals surface area contributed by atoms with Gasteiger partial charge in [0.25, 0.3) is 0 Å². The topological polar surface area (TPSA) is 74.7 Å². The zero-order valence-electron chi connectivity index (χ0n) is 11.0. The van der Waals surface area contributed by atoms with Crippen LogP contribution < -0.4 is 0 Å². The van der Waals surface area contributed by atoms with Crippen LogP contribution in [0.3, 0.4) is 0 Å². The summed E-state index contributed by atoms with van der Waals surface area (Å²) >= 11 is 0. The number of hydrogen-bond donors (Lipinski definition) is 1. The summed E-state index contributed by atoms with van der Waals surface area (Å²) in [6.45, 7) is 3.11. The summed E-state index contributed by atoms with van der Waals surface area (Å²) in [4.78, 5) is 13.3. The van der Waals surface area contributed by atoms with Crippen LogP contribution in [-0.4, -0.2) is 55.0 Å². The van der Waals surface area contributed by atoms with E-state index in [2.05, 4.69) is 0 Å². The SMILES string of the molecule is CC1(C(=O)O)CCCN1CC1(CS(C)(=O)=O)CC1. The van der Waals surface area contributed by atoms with Crippen LogP contribution in [0.5, 0.6) is 0 Å². The number of likely N-dealkylation sites (tertiary alicyclic amines) is 1. The third-order valence-electron chi connectivity index (χ3n) is 4.30. The van der Waals surface area contributed by atoms with E-state index < -0.39 is 21.3 Å². The van der Waals surface area contributed by atoms with Gasteiger partial charge >= 0.3 is 5.97 Å². The lowest BCUT2D eigenvalue weighted by atomic mass is 9.97. The fraction of sp³-hybridized carbons (Fsp3) is 0.917. The lowest BCUT2D eigenvalue weighted by molar-refractivity contribution is -0.149. The minimum absolute atomic E-state index is 0.186. The fourth-order valence-corrected chi connectivity index (χ4v) is 4.49. The Morgan fingerprint density at radius 1 is 1.33 bits per heavy atom. The van der Waals surface area contributed by atoms with Crippen molar-refractivity contribution in [3.8, 4) is 0 Å². The van der Waals surface area contributed by atoms with Crippen molar-refractivity contribution in [1.29, 1.82) is 0 Å². The fourth-order valence-electron chi connectivity index (χ4n) is 3.00. The molecule has 2 aliphatic rings. The maximum Gasteiger partial charge on any atom is 0.323 e. The second-order valence-electron chi connectivity index (χ2n) is 6.17. The monoisotopic (exact) mass is 275 g/mol. The molecule has 0 spiro atoms. The van der Waals surface area contributed by atoms with Crippen molar-refractivity contribution in [2.45, 2.75) is 38.1 Å². The van der Waals surface area contributed by atoms with Crippen molar-refractivity contribution in [3.63, 3.8) is 0 Å². The second kappa shape index (κ2) is 4.20. The van der Waals surface area contributed by atoms with Gasteiger partial charge in [0.1, 0.15) is 15.4 Å². The summed E-state index contributed by atoms with van der Waals surface area (Å²) < 4.78 is 22.8. The van der Waals surface area contributed by atoms with Crippen LogP contribution in [0.15, 0.2) is 0 Å².